The highest BCUT2D eigenvalue weighted by molar-refractivity contribution is 5.73. The Balaban J connectivity index is 2.75. The second-order valence-corrected chi connectivity index (χ2v) is 12.1. The highest BCUT2D eigenvalue weighted by atomic mass is 19.4. The van der Waals surface area contributed by atoms with Gasteiger partial charge in [-0.1, -0.05) is 48.5 Å². The van der Waals surface area contributed by atoms with Crippen LogP contribution in [0.2, 0.25) is 0 Å². The van der Waals surface area contributed by atoms with Gasteiger partial charge in [-0.3, -0.25) is 4.79 Å². The van der Waals surface area contributed by atoms with E-state index in [1.807, 2.05) is 41.5 Å². The first-order chi connectivity index (χ1) is 14.6. The summed E-state index contributed by atoms with van der Waals surface area (Å²) in [5, 5.41) is 9.60. The van der Waals surface area contributed by atoms with Crippen LogP contribution in [0.1, 0.15) is 87.0 Å². The third-order valence-electron chi connectivity index (χ3n) is 6.68. The summed E-state index contributed by atoms with van der Waals surface area (Å²) >= 11 is 0. The number of aliphatic hydroxyl groups is 1. The van der Waals surface area contributed by atoms with E-state index in [0.717, 1.165) is 0 Å². The predicted molar refractivity (Wildman–Crippen MR) is 114 cm³/mol. The van der Waals surface area contributed by atoms with Crippen molar-refractivity contribution in [1.82, 2.24) is 0 Å². The average Bonchev–Trinajstić information content (AvgIpc) is 2.91. The van der Waals surface area contributed by atoms with Crippen molar-refractivity contribution in [3.63, 3.8) is 0 Å². The molecule has 0 radical (unpaired) electrons. The Labute approximate surface area is 193 Å². The monoisotopic (exact) mass is 490 g/mol. The molecule has 3 nitrogen and oxygen atoms in total. The lowest BCUT2D eigenvalue weighted by Crippen LogP contribution is -2.58. The molecule has 196 valence electrons. The maximum absolute atomic E-state index is 13.1. The second-order valence-electron chi connectivity index (χ2n) is 12.1. The molecule has 0 aliphatic heterocycles. The summed E-state index contributed by atoms with van der Waals surface area (Å²) in [7, 11) is 0. The molecule has 0 aromatic rings. The number of hydrogen-bond acceptors (Lipinski definition) is 3. The van der Waals surface area contributed by atoms with E-state index in [4.69, 9.17) is 4.74 Å². The van der Waals surface area contributed by atoms with Crippen molar-refractivity contribution < 1.29 is 41.0 Å². The minimum atomic E-state index is -5.80. The van der Waals surface area contributed by atoms with Crippen molar-refractivity contribution in [2.75, 3.05) is 6.61 Å². The Morgan fingerprint density at radius 1 is 0.939 bits per heavy atom. The minimum absolute atomic E-state index is 0.0367. The van der Waals surface area contributed by atoms with Crippen LogP contribution in [0.15, 0.2) is 0 Å². The van der Waals surface area contributed by atoms with Gasteiger partial charge in [-0.05, 0) is 67.1 Å². The van der Waals surface area contributed by atoms with Crippen LogP contribution in [0.5, 0.6) is 0 Å². The van der Waals surface area contributed by atoms with Crippen LogP contribution < -0.4 is 0 Å². The van der Waals surface area contributed by atoms with Crippen molar-refractivity contribution in [1.29, 1.82) is 0 Å². The maximum atomic E-state index is 13.1. The lowest BCUT2D eigenvalue weighted by Gasteiger charge is -2.35. The van der Waals surface area contributed by atoms with Gasteiger partial charge in [0.15, 0.2) is 0 Å². The van der Waals surface area contributed by atoms with E-state index in [-0.39, 0.29) is 41.7 Å². The Morgan fingerprint density at radius 3 is 1.85 bits per heavy atom. The summed E-state index contributed by atoms with van der Waals surface area (Å²) in [6.45, 7) is 13.8. The fourth-order valence-corrected chi connectivity index (χ4v) is 4.86. The molecule has 1 fully saturated rings. The van der Waals surface area contributed by atoms with Gasteiger partial charge in [-0.15, -0.1) is 0 Å². The molecule has 0 saturated heterocycles. The molecule has 1 aliphatic rings. The smallest absolute Gasteiger partial charge is 0.426 e. The first-order valence-corrected chi connectivity index (χ1v) is 11.6. The fraction of sp³-hybridized carbons (Fsp3) is 0.958. The zero-order valence-corrected chi connectivity index (χ0v) is 20.8. The Morgan fingerprint density at radius 2 is 1.42 bits per heavy atom. The van der Waals surface area contributed by atoms with E-state index in [1.165, 1.54) is 0 Å². The Bertz CT molecular complexity index is 629. The normalized spacial score (nSPS) is 24.1. The molecule has 1 N–H and O–H groups in total. The quantitative estimate of drug-likeness (QED) is 0.220. The van der Waals surface area contributed by atoms with Gasteiger partial charge in [0.2, 0.25) is 0 Å². The minimum Gasteiger partial charge on any atom is -0.465 e. The van der Waals surface area contributed by atoms with E-state index in [9.17, 15) is 36.2 Å². The zero-order valence-electron chi connectivity index (χ0n) is 20.8. The van der Waals surface area contributed by atoms with Crippen molar-refractivity contribution in [3.8, 4) is 0 Å². The summed E-state index contributed by atoms with van der Waals surface area (Å²) in [6, 6.07) is 0. The first-order valence-electron chi connectivity index (χ1n) is 11.6. The molecule has 0 bridgehead atoms. The topological polar surface area (TPSA) is 46.5 Å². The van der Waals surface area contributed by atoms with Gasteiger partial charge >= 0.3 is 18.3 Å². The molecule has 0 aromatic heterocycles. The summed E-state index contributed by atoms with van der Waals surface area (Å²) < 4.78 is 84.3. The van der Waals surface area contributed by atoms with Gasteiger partial charge in [0.25, 0.3) is 5.60 Å². The average molecular weight is 491 g/mol. The maximum Gasteiger partial charge on any atom is 0.426 e. The van der Waals surface area contributed by atoms with Gasteiger partial charge in [-0.25, -0.2) is 0 Å². The molecule has 0 heterocycles. The van der Waals surface area contributed by atoms with Crippen LogP contribution in [0, 0.1) is 34.5 Å². The second kappa shape index (κ2) is 10.3. The van der Waals surface area contributed by atoms with Gasteiger partial charge in [0.05, 0.1) is 12.5 Å². The predicted octanol–water partition coefficient (Wildman–Crippen LogP) is 7.32. The Hall–Kier alpha value is -0.990. The highest BCUT2D eigenvalue weighted by Gasteiger charge is 2.70. The summed E-state index contributed by atoms with van der Waals surface area (Å²) in [5.74, 6) is -2.01. The molecule has 0 amide bonds. The van der Waals surface area contributed by atoms with E-state index in [1.54, 1.807) is 6.92 Å². The molecule has 33 heavy (non-hydrogen) atoms. The molecule has 4 atom stereocenters. The van der Waals surface area contributed by atoms with Crippen molar-refractivity contribution in [2.24, 2.45) is 34.5 Å². The number of ether oxygens (including phenoxy) is 1. The van der Waals surface area contributed by atoms with E-state index in [0.29, 0.717) is 25.7 Å². The van der Waals surface area contributed by atoms with Gasteiger partial charge < -0.3 is 9.84 Å². The molecule has 1 aliphatic carbocycles. The van der Waals surface area contributed by atoms with Gasteiger partial charge in [0, 0.05) is 0 Å². The molecule has 0 aromatic carbocycles. The van der Waals surface area contributed by atoms with Gasteiger partial charge in [-0.2, -0.15) is 26.3 Å². The zero-order chi connectivity index (χ0) is 26.0. The molecule has 1 saturated carbocycles. The van der Waals surface area contributed by atoms with Crippen molar-refractivity contribution in [3.05, 3.63) is 0 Å². The Kier molecular flexibility index (Phi) is 9.40. The fourth-order valence-electron chi connectivity index (χ4n) is 4.86. The molecule has 4 unspecified atom stereocenters. The van der Waals surface area contributed by atoms with Crippen LogP contribution in [0.4, 0.5) is 26.3 Å². The standard InChI is InChI=1S/C24H40F6O3/c1-15-11-16(17(12-15)13-22(32,23(25,26)27)24(28,29)30)9-8-10-33-19(31)18(21(5,6)7)14-20(2,3)4/h15-18,32H,8-14H2,1-7H3. The van der Waals surface area contributed by atoms with E-state index >= 15 is 0 Å². The third kappa shape index (κ3) is 8.32. The van der Waals surface area contributed by atoms with Crippen LogP contribution in [0.3, 0.4) is 0 Å². The summed E-state index contributed by atoms with van der Waals surface area (Å²) in [6.07, 6.45) is -11.0. The van der Waals surface area contributed by atoms with Crippen molar-refractivity contribution in [2.45, 2.75) is 105 Å². The number of carbonyl (C=O) groups is 1. The molecular weight excluding hydrogens is 450 g/mol. The van der Waals surface area contributed by atoms with Crippen LogP contribution in [-0.4, -0.2) is 35.6 Å². The SMILES string of the molecule is CC1CC(CCCOC(=O)C(CC(C)(C)C)C(C)(C)C)C(CC(O)(C(F)(F)F)C(F)(F)F)C1. The van der Waals surface area contributed by atoms with Gasteiger partial charge in [0.1, 0.15) is 0 Å². The van der Waals surface area contributed by atoms with Crippen molar-refractivity contribution >= 4 is 5.97 Å². The lowest BCUT2D eigenvalue weighted by molar-refractivity contribution is -0.373. The van der Waals surface area contributed by atoms with Crippen LogP contribution in [0.25, 0.3) is 0 Å². The number of hydrogen-bond donors (Lipinski definition) is 1. The number of alkyl halides is 6. The van der Waals surface area contributed by atoms with E-state index in [2.05, 4.69) is 0 Å². The highest BCUT2D eigenvalue weighted by Crippen LogP contribution is 2.51. The lowest BCUT2D eigenvalue weighted by atomic mass is 9.72. The number of rotatable bonds is 8. The number of esters is 1. The molecule has 1 rings (SSSR count). The summed E-state index contributed by atoms with van der Waals surface area (Å²) in [5.41, 5.74) is -5.11. The largest absolute Gasteiger partial charge is 0.465 e. The molecule has 9 heteroatoms. The number of halogens is 6. The van der Waals surface area contributed by atoms with Crippen LogP contribution >= 0.6 is 0 Å². The first kappa shape index (κ1) is 30.0. The summed E-state index contributed by atoms with van der Waals surface area (Å²) in [4.78, 5) is 12.7. The molecule has 0 spiro atoms. The van der Waals surface area contributed by atoms with Crippen LogP contribution in [-0.2, 0) is 9.53 Å². The number of carbonyl (C=O) groups excluding carboxylic acids is 1. The van der Waals surface area contributed by atoms with E-state index < -0.39 is 36.2 Å². The third-order valence-corrected chi connectivity index (χ3v) is 6.68. The molecular formula is C24H40F6O3.